The zero-order valence-corrected chi connectivity index (χ0v) is 13.8. The smallest absolute Gasteiger partial charge is 0.348 e. The number of rotatable bonds is 8. The number of pyridine rings is 1. The van der Waals surface area contributed by atoms with Crippen LogP contribution in [0.4, 0.5) is 0 Å². The number of hydrogen-bond donors (Lipinski definition) is 1. The highest BCUT2D eigenvalue weighted by Gasteiger charge is 2.20. The van der Waals surface area contributed by atoms with Gasteiger partial charge in [0.15, 0.2) is 0 Å². The van der Waals surface area contributed by atoms with Gasteiger partial charge in [-0.3, -0.25) is 9.88 Å². The Bertz CT molecular complexity index is 607. The van der Waals surface area contributed by atoms with E-state index in [9.17, 15) is 9.90 Å². The third kappa shape index (κ3) is 4.11. The van der Waals surface area contributed by atoms with E-state index < -0.39 is 5.97 Å². The Labute approximate surface area is 134 Å². The molecular formula is C16H21N3O2S. The average molecular weight is 319 g/mol. The number of carboxylic acid groups (broad SMARTS) is 1. The van der Waals surface area contributed by atoms with Crippen LogP contribution in [0.2, 0.25) is 0 Å². The lowest BCUT2D eigenvalue weighted by molar-refractivity contribution is 0.0702. The van der Waals surface area contributed by atoms with E-state index >= 15 is 0 Å². The Hall–Kier alpha value is -1.79. The van der Waals surface area contributed by atoms with Gasteiger partial charge in [-0.15, -0.1) is 11.3 Å². The number of thiazole rings is 1. The van der Waals surface area contributed by atoms with Crippen LogP contribution in [0.15, 0.2) is 24.4 Å². The van der Waals surface area contributed by atoms with Crippen molar-refractivity contribution in [3.63, 3.8) is 0 Å². The third-order valence-corrected chi connectivity index (χ3v) is 4.24. The molecule has 118 valence electrons. The second-order valence-corrected chi connectivity index (χ2v) is 6.17. The molecule has 0 bridgehead atoms. The van der Waals surface area contributed by atoms with E-state index in [1.807, 2.05) is 6.07 Å². The van der Waals surface area contributed by atoms with E-state index in [2.05, 4.69) is 28.7 Å². The Morgan fingerprint density at radius 3 is 2.55 bits per heavy atom. The standard InChI is InChI=1S/C16H21N3O2S/c1-3-9-19(10-4-2)11-13-18-14(15(22-13)16(20)21)12-7-5-6-8-17-12/h5-8H,3-4,9-11H2,1-2H3,(H,20,21). The summed E-state index contributed by atoms with van der Waals surface area (Å²) in [5, 5.41) is 10.2. The summed E-state index contributed by atoms with van der Waals surface area (Å²) in [5.41, 5.74) is 1.08. The fourth-order valence-electron chi connectivity index (χ4n) is 2.35. The maximum Gasteiger partial charge on any atom is 0.348 e. The molecule has 0 aliphatic carbocycles. The van der Waals surface area contributed by atoms with Crippen LogP contribution in [-0.4, -0.2) is 39.0 Å². The third-order valence-electron chi connectivity index (χ3n) is 3.21. The van der Waals surface area contributed by atoms with E-state index in [4.69, 9.17) is 0 Å². The van der Waals surface area contributed by atoms with Gasteiger partial charge in [0.05, 0.1) is 12.2 Å². The van der Waals surface area contributed by atoms with E-state index in [0.29, 0.717) is 17.9 Å². The highest BCUT2D eigenvalue weighted by molar-refractivity contribution is 7.14. The molecule has 0 saturated heterocycles. The lowest BCUT2D eigenvalue weighted by atomic mass is 10.2. The number of carboxylic acids is 1. The fourth-order valence-corrected chi connectivity index (χ4v) is 3.30. The maximum absolute atomic E-state index is 11.5. The molecule has 6 heteroatoms. The fraction of sp³-hybridized carbons (Fsp3) is 0.438. The molecule has 0 amide bonds. The quantitative estimate of drug-likeness (QED) is 0.806. The van der Waals surface area contributed by atoms with E-state index in [-0.39, 0.29) is 4.88 Å². The van der Waals surface area contributed by atoms with Crippen molar-refractivity contribution >= 4 is 17.3 Å². The number of aromatic nitrogens is 2. The van der Waals surface area contributed by atoms with E-state index in [1.165, 1.54) is 11.3 Å². The van der Waals surface area contributed by atoms with Gasteiger partial charge in [0, 0.05) is 6.20 Å². The van der Waals surface area contributed by atoms with Crippen LogP contribution in [0.5, 0.6) is 0 Å². The molecule has 0 saturated carbocycles. The van der Waals surface area contributed by atoms with Crippen LogP contribution < -0.4 is 0 Å². The Morgan fingerprint density at radius 2 is 2.00 bits per heavy atom. The first-order valence-electron chi connectivity index (χ1n) is 7.52. The first-order chi connectivity index (χ1) is 10.7. The first kappa shape index (κ1) is 16.6. The van der Waals surface area contributed by atoms with Crippen molar-refractivity contribution in [1.29, 1.82) is 0 Å². The van der Waals surface area contributed by atoms with Gasteiger partial charge in [0.1, 0.15) is 15.6 Å². The average Bonchev–Trinajstić information content (AvgIpc) is 2.93. The van der Waals surface area contributed by atoms with Gasteiger partial charge in [-0.1, -0.05) is 19.9 Å². The number of carbonyl (C=O) groups is 1. The molecule has 0 fully saturated rings. The van der Waals surface area contributed by atoms with Gasteiger partial charge in [-0.2, -0.15) is 0 Å². The van der Waals surface area contributed by atoms with Crippen molar-refractivity contribution in [2.24, 2.45) is 0 Å². The summed E-state index contributed by atoms with van der Waals surface area (Å²) in [7, 11) is 0. The number of nitrogens with zero attached hydrogens (tertiary/aromatic N) is 3. The zero-order chi connectivity index (χ0) is 15.9. The highest BCUT2D eigenvalue weighted by Crippen LogP contribution is 2.27. The van der Waals surface area contributed by atoms with Crippen LogP contribution >= 0.6 is 11.3 Å². The molecule has 5 nitrogen and oxygen atoms in total. The zero-order valence-electron chi connectivity index (χ0n) is 13.0. The van der Waals surface area contributed by atoms with E-state index in [1.54, 1.807) is 18.3 Å². The normalized spacial score (nSPS) is 11.0. The first-order valence-corrected chi connectivity index (χ1v) is 8.34. The molecule has 0 aromatic carbocycles. The minimum atomic E-state index is -0.943. The predicted molar refractivity (Wildman–Crippen MR) is 88.2 cm³/mol. The van der Waals surface area contributed by atoms with Crippen LogP contribution in [-0.2, 0) is 6.54 Å². The second kappa shape index (κ2) is 8.00. The van der Waals surface area contributed by atoms with E-state index in [0.717, 1.165) is 30.9 Å². The van der Waals surface area contributed by atoms with Crippen LogP contribution in [0.25, 0.3) is 11.4 Å². The van der Waals surface area contributed by atoms with Crippen LogP contribution in [0, 0.1) is 0 Å². The largest absolute Gasteiger partial charge is 0.477 e. The summed E-state index contributed by atoms with van der Waals surface area (Å²) in [5.74, 6) is -0.943. The van der Waals surface area contributed by atoms with Gasteiger partial charge in [-0.05, 0) is 38.1 Å². The van der Waals surface area contributed by atoms with Crippen LogP contribution in [0.1, 0.15) is 41.4 Å². The summed E-state index contributed by atoms with van der Waals surface area (Å²) in [6, 6.07) is 5.44. The summed E-state index contributed by atoms with van der Waals surface area (Å²) >= 11 is 1.25. The molecule has 0 atom stereocenters. The molecule has 0 spiro atoms. The summed E-state index contributed by atoms with van der Waals surface area (Å²) in [6.07, 6.45) is 3.80. The Balaban J connectivity index is 2.29. The van der Waals surface area contributed by atoms with Crippen molar-refractivity contribution in [2.75, 3.05) is 13.1 Å². The minimum Gasteiger partial charge on any atom is -0.477 e. The van der Waals surface area contributed by atoms with Gasteiger partial charge in [0.2, 0.25) is 0 Å². The molecule has 2 aromatic heterocycles. The molecule has 2 heterocycles. The SMILES string of the molecule is CCCN(CCC)Cc1nc(-c2ccccn2)c(C(=O)O)s1. The number of aromatic carboxylic acids is 1. The maximum atomic E-state index is 11.5. The van der Waals surface area contributed by atoms with Crippen molar-refractivity contribution < 1.29 is 9.90 Å². The monoisotopic (exact) mass is 319 g/mol. The molecule has 0 radical (unpaired) electrons. The highest BCUT2D eigenvalue weighted by atomic mass is 32.1. The van der Waals surface area contributed by atoms with Crippen molar-refractivity contribution in [2.45, 2.75) is 33.2 Å². The summed E-state index contributed by atoms with van der Waals surface area (Å²) in [4.78, 5) is 22.8. The number of hydrogen-bond acceptors (Lipinski definition) is 5. The van der Waals surface area contributed by atoms with Crippen molar-refractivity contribution in [1.82, 2.24) is 14.9 Å². The predicted octanol–water partition coefficient (Wildman–Crippen LogP) is 3.53. The second-order valence-electron chi connectivity index (χ2n) is 5.08. The molecular weight excluding hydrogens is 298 g/mol. The van der Waals surface area contributed by atoms with Gasteiger partial charge >= 0.3 is 5.97 Å². The summed E-state index contributed by atoms with van der Waals surface area (Å²) < 4.78 is 0. The minimum absolute atomic E-state index is 0.265. The Kier molecular flexibility index (Phi) is 6.03. The summed E-state index contributed by atoms with van der Waals surface area (Å²) in [6.45, 7) is 6.97. The van der Waals surface area contributed by atoms with Crippen molar-refractivity contribution in [3.05, 3.63) is 34.3 Å². The molecule has 0 aliphatic heterocycles. The molecule has 2 rings (SSSR count). The van der Waals surface area contributed by atoms with Crippen LogP contribution in [0.3, 0.4) is 0 Å². The Morgan fingerprint density at radius 1 is 1.27 bits per heavy atom. The molecule has 22 heavy (non-hydrogen) atoms. The van der Waals surface area contributed by atoms with Gasteiger partial charge in [0.25, 0.3) is 0 Å². The molecule has 0 unspecified atom stereocenters. The lowest BCUT2D eigenvalue weighted by Crippen LogP contribution is -2.24. The molecule has 1 N–H and O–H groups in total. The van der Waals surface area contributed by atoms with Gasteiger partial charge < -0.3 is 5.11 Å². The molecule has 0 aliphatic rings. The van der Waals surface area contributed by atoms with Crippen molar-refractivity contribution in [3.8, 4) is 11.4 Å². The topological polar surface area (TPSA) is 66.3 Å². The van der Waals surface area contributed by atoms with Gasteiger partial charge in [-0.25, -0.2) is 9.78 Å². The lowest BCUT2D eigenvalue weighted by Gasteiger charge is -2.19. The molecule has 2 aromatic rings.